The summed E-state index contributed by atoms with van der Waals surface area (Å²) < 4.78 is 5.68. The Balaban J connectivity index is 2.17. The standard InChI is InChI=1S/C21H24Cl2N2O3/c1-13-8-18(9-14(2)20(13)23)28-12-19(26)25(15(3)21(27)24-4)11-16-6-5-7-17(22)10-16/h5-10,15H,11-12H2,1-4H3,(H,24,27)/t15-/m0/s1. The summed E-state index contributed by atoms with van der Waals surface area (Å²) >= 11 is 12.2. The van der Waals surface area contributed by atoms with E-state index in [1.807, 2.05) is 19.9 Å². The maximum absolute atomic E-state index is 12.9. The summed E-state index contributed by atoms with van der Waals surface area (Å²) in [6.45, 7) is 5.49. The van der Waals surface area contributed by atoms with Crippen LogP contribution in [0.5, 0.6) is 5.75 Å². The molecule has 1 N–H and O–H groups in total. The normalized spacial score (nSPS) is 11.6. The number of rotatable bonds is 7. The van der Waals surface area contributed by atoms with E-state index in [0.717, 1.165) is 16.7 Å². The summed E-state index contributed by atoms with van der Waals surface area (Å²) in [6, 6.07) is 10.1. The summed E-state index contributed by atoms with van der Waals surface area (Å²) in [4.78, 5) is 26.5. The van der Waals surface area contributed by atoms with Gasteiger partial charge in [-0.1, -0.05) is 35.3 Å². The summed E-state index contributed by atoms with van der Waals surface area (Å²) in [6.07, 6.45) is 0. The molecule has 1 atom stereocenters. The number of likely N-dealkylation sites (N-methyl/N-ethyl adjacent to an activating group) is 1. The molecule has 2 rings (SSSR count). The monoisotopic (exact) mass is 422 g/mol. The molecule has 7 heteroatoms. The predicted octanol–water partition coefficient (Wildman–Crippen LogP) is 4.15. The van der Waals surface area contributed by atoms with Gasteiger partial charge in [-0.15, -0.1) is 0 Å². The van der Waals surface area contributed by atoms with E-state index in [1.54, 1.807) is 37.3 Å². The third kappa shape index (κ3) is 5.63. The lowest BCUT2D eigenvalue weighted by atomic mass is 10.1. The van der Waals surface area contributed by atoms with Crippen molar-refractivity contribution >= 4 is 35.0 Å². The fourth-order valence-corrected chi connectivity index (χ4v) is 3.16. The first-order valence-electron chi connectivity index (χ1n) is 8.88. The quantitative estimate of drug-likeness (QED) is 0.728. The zero-order valence-electron chi connectivity index (χ0n) is 16.4. The van der Waals surface area contributed by atoms with Crippen molar-refractivity contribution in [2.45, 2.75) is 33.4 Å². The molecule has 0 saturated heterocycles. The van der Waals surface area contributed by atoms with Gasteiger partial charge in [-0.3, -0.25) is 9.59 Å². The van der Waals surface area contributed by atoms with Crippen molar-refractivity contribution in [3.63, 3.8) is 0 Å². The zero-order chi connectivity index (χ0) is 20.8. The number of hydrogen-bond donors (Lipinski definition) is 1. The molecule has 0 heterocycles. The molecule has 5 nitrogen and oxygen atoms in total. The molecular formula is C21H24Cl2N2O3. The third-order valence-electron chi connectivity index (χ3n) is 4.43. The molecule has 0 aliphatic carbocycles. The second-order valence-corrected chi connectivity index (χ2v) is 7.42. The number of carbonyl (C=O) groups excluding carboxylic acids is 2. The lowest BCUT2D eigenvalue weighted by molar-refractivity contribution is -0.142. The van der Waals surface area contributed by atoms with Crippen LogP contribution in [0.3, 0.4) is 0 Å². The number of halogens is 2. The Labute approximate surface area is 175 Å². The molecule has 0 aromatic heterocycles. The Hall–Kier alpha value is -2.24. The predicted molar refractivity (Wildman–Crippen MR) is 112 cm³/mol. The topological polar surface area (TPSA) is 58.6 Å². The highest BCUT2D eigenvalue weighted by molar-refractivity contribution is 6.32. The van der Waals surface area contributed by atoms with Crippen LogP contribution >= 0.6 is 23.2 Å². The van der Waals surface area contributed by atoms with Gasteiger partial charge in [0.2, 0.25) is 5.91 Å². The summed E-state index contributed by atoms with van der Waals surface area (Å²) in [5.74, 6) is -0.00190. The van der Waals surface area contributed by atoms with E-state index in [0.29, 0.717) is 15.8 Å². The maximum atomic E-state index is 12.9. The van der Waals surface area contributed by atoms with E-state index < -0.39 is 6.04 Å². The zero-order valence-corrected chi connectivity index (χ0v) is 17.9. The highest BCUT2D eigenvalue weighted by atomic mass is 35.5. The second kappa shape index (κ2) is 9.80. The third-order valence-corrected chi connectivity index (χ3v) is 5.26. The number of carbonyl (C=O) groups is 2. The molecule has 0 unspecified atom stereocenters. The first kappa shape index (κ1) is 22.1. The van der Waals surface area contributed by atoms with Crippen LogP contribution in [0.25, 0.3) is 0 Å². The molecule has 150 valence electrons. The van der Waals surface area contributed by atoms with Gasteiger partial charge in [0.25, 0.3) is 5.91 Å². The van der Waals surface area contributed by atoms with Gasteiger partial charge in [0.15, 0.2) is 6.61 Å². The van der Waals surface area contributed by atoms with Crippen molar-refractivity contribution in [2.75, 3.05) is 13.7 Å². The van der Waals surface area contributed by atoms with Crippen molar-refractivity contribution in [2.24, 2.45) is 0 Å². The Morgan fingerprint density at radius 2 is 1.79 bits per heavy atom. The SMILES string of the molecule is CNC(=O)[C@H](C)N(Cc1cccc(Cl)c1)C(=O)COc1cc(C)c(Cl)c(C)c1. The molecule has 28 heavy (non-hydrogen) atoms. The molecule has 0 aliphatic rings. The number of nitrogens with zero attached hydrogens (tertiary/aromatic N) is 1. The van der Waals surface area contributed by atoms with Crippen LogP contribution in [0.4, 0.5) is 0 Å². The fraction of sp³-hybridized carbons (Fsp3) is 0.333. The van der Waals surface area contributed by atoms with E-state index in [1.165, 1.54) is 11.9 Å². The van der Waals surface area contributed by atoms with E-state index in [2.05, 4.69) is 5.32 Å². The Kier molecular flexibility index (Phi) is 7.72. The lowest BCUT2D eigenvalue weighted by Gasteiger charge is -2.28. The molecule has 2 aromatic carbocycles. The number of ether oxygens (including phenoxy) is 1. The molecule has 0 spiro atoms. The highest BCUT2D eigenvalue weighted by Crippen LogP contribution is 2.26. The summed E-state index contributed by atoms with van der Waals surface area (Å²) in [5.41, 5.74) is 2.58. The number of amides is 2. The maximum Gasteiger partial charge on any atom is 0.261 e. The fourth-order valence-electron chi connectivity index (χ4n) is 2.84. The molecular weight excluding hydrogens is 399 g/mol. The number of hydrogen-bond acceptors (Lipinski definition) is 3. The van der Waals surface area contributed by atoms with Crippen LogP contribution in [0.2, 0.25) is 10.0 Å². The van der Waals surface area contributed by atoms with Gasteiger partial charge in [-0.25, -0.2) is 0 Å². The average molecular weight is 423 g/mol. The van der Waals surface area contributed by atoms with Crippen LogP contribution < -0.4 is 10.1 Å². The van der Waals surface area contributed by atoms with Crippen LogP contribution in [-0.4, -0.2) is 36.4 Å². The minimum absolute atomic E-state index is 0.192. The molecule has 0 aliphatic heterocycles. The highest BCUT2D eigenvalue weighted by Gasteiger charge is 2.26. The summed E-state index contributed by atoms with van der Waals surface area (Å²) in [5, 5.41) is 3.82. The van der Waals surface area contributed by atoms with Crippen LogP contribution in [-0.2, 0) is 16.1 Å². The van der Waals surface area contributed by atoms with E-state index in [9.17, 15) is 9.59 Å². The number of nitrogens with one attached hydrogen (secondary N) is 1. The van der Waals surface area contributed by atoms with E-state index in [-0.39, 0.29) is 25.0 Å². The number of aryl methyl sites for hydroxylation is 2. The average Bonchev–Trinajstić information content (AvgIpc) is 2.67. The van der Waals surface area contributed by atoms with Gasteiger partial charge in [-0.2, -0.15) is 0 Å². The molecule has 0 fully saturated rings. The van der Waals surface area contributed by atoms with Gasteiger partial charge in [0, 0.05) is 23.6 Å². The van der Waals surface area contributed by atoms with Gasteiger partial charge < -0.3 is 15.0 Å². The van der Waals surface area contributed by atoms with Crippen molar-refractivity contribution in [1.29, 1.82) is 0 Å². The van der Waals surface area contributed by atoms with Crippen molar-refractivity contribution in [1.82, 2.24) is 10.2 Å². The Morgan fingerprint density at radius 3 is 2.36 bits per heavy atom. The summed E-state index contributed by atoms with van der Waals surface area (Å²) in [7, 11) is 1.54. The van der Waals surface area contributed by atoms with E-state index in [4.69, 9.17) is 27.9 Å². The van der Waals surface area contributed by atoms with Gasteiger partial charge in [-0.05, 0) is 61.7 Å². The first-order valence-corrected chi connectivity index (χ1v) is 9.63. The molecule has 2 aromatic rings. The minimum atomic E-state index is -0.659. The van der Waals surface area contributed by atoms with E-state index >= 15 is 0 Å². The van der Waals surface area contributed by atoms with Crippen LogP contribution in [0.15, 0.2) is 36.4 Å². The van der Waals surface area contributed by atoms with Crippen molar-refractivity contribution < 1.29 is 14.3 Å². The van der Waals surface area contributed by atoms with Crippen LogP contribution in [0.1, 0.15) is 23.6 Å². The Morgan fingerprint density at radius 1 is 1.14 bits per heavy atom. The number of benzene rings is 2. The van der Waals surface area contributed by atoms with Gasteiger partial charge >= 0.3 is 0 Å². The second-order valence-electron chi connectivity index (χ2n) is 6.60. The van der Waals surface area contributed by atoms with Crippen molar-refractivity contribution in [3.8, 4) is 5.75 Å². The molecule has 0 saturated carbocycles. The molecule has 0 radical (unpaired) electrons. The minimum Gasteiger partial charge on any atom is -0.484 e. The smallest absolute Gasteiger partial charge is 0.261 e. The van der Waals surface area contributed by atoms with Gasteiger partial charge in [0.1, 0.15) is 11.8 Å². The van der Waals surface area contributed by atoms with Gasteiger partial charge in [0.05, 0.1) is 0 Å². The van der Waals surface area contributed by atoms with Crippen molar-refractivity contribution in [3.05, 3.63) is 63.1 Å². The molecule has 2 amide bonds. The lowest BCUT2D eigenvalue weighted by Crippen LogP contribution is -2.48. The Bertz CT molecular complexity index is 847. The van der Waals surface area contributed by atoms with Crippen LogP contribution in [0, 0.1) is 13.8 Å². The molecule has 0 bridgehead atoms. The first-order chi connectivity index (χ1) is 13.2. The largest absolute Gasteiger partial charge is 0.484 e.